The van der Waals surface area contributed by atoms with Crippen molar-refractivity contribution < 1.29 is 9.59 Å². The molecule has 2 amide bonds. The first-order chi connectivity index (χ1) is 9.45. The monoisotopic (exact) mass is 276 g/mol. The number of hydrogen-bond donors (Lipinski definition) is 2. The molecule has 20 heavy (non-hydrogen) atoms. The second-order valence-electron chi connectivity index (χ2n) is 4.43. The van der Waals surface area contributed by atoms with E-state index in [1.165, 1.54) is 10.9 Å². The van der Waals surface area contributed by atoms with Crippen LogP contribution in [0.15, 0.2) is 18.5 Å². The molecule has 2 aromatic rings. The fraction of sp³-hybridized carbons (Fsp3) is 0.333. The summed E-state index contributed by atoms with van der Waals surface area (Å²) in [5.74, 6) is -0.653. The molecule has 0 saturated heterocycles. The molecule has 2 rings (SSSR count). The van der Waals surface area contributed by atoms with E-state index in [0.29, 0.717) is 11.4 Å². The number of hydrogen-bond acceptors (Lipinski definition) is 4. The van der Waals surface area contributed by atoms with Gasteiger partial charge in [-0.15, -0.1) is 0 Å². The number of carbonyl (C=O) groups is 2. The van der Waals surface area contributed by atoms with Gasteiger partial charge >= 0.3 is 0 Å². The Kier molecular flexibility index (Phi) is 3.83. The second-order valence-corrected chi connectivity index (χ2v) is 4.43. The van der Waals surface area contributed by atoms with Crippen molar-refractivity contribution in [2.75, 3.05) is 11.9 Å². The SMILES string of the molecule is Cc1cc(C(=O)NCC(=O)Nc2cnn(C)c2)n(C)n1. The lowest BCUT2D eigenvalue weighted by Crippen LogP contribution is -2.33. The summed E-state index contributed by atoms with van der Waals surface area (Å²) >= 11 is 0. The van der Waals surface area contributed by atoms with E-state index in [1.54, 1.807) is 38.0 Å². The Hall–Kier alpha value is -2.64. The molecule has 8 nitrogen and oxygen atoms in total. The van der Waals surface area contributed by atoms with Crippen LogP contribution in [-0.2, 0) is 18.9 Å². The van der Waals surface area contributed by atoms with Crippen molar-refractivity contribution in [3.8, 4) is 0 Å². The molecule has 0 saturated carbocycles. The molecule has 2 heterocycles. The highest BCUT2D eigenvalue weighted by atomic mass is 16.2. The lowest BCUT2D eigenvalue weighted by molar-refractivity contribution is -0.115. The van der Waals surface area contributed by atoms with E-state index >= 15 is 0 Å². The number of amides is 2. The minimum absolute atomic E-state index is 0.113. The maximum atomic E-state index is 11.9. The number of nitrogens with one attached hydrogen (secondary N) is 2. The molecule has 0 aliphatic carbocycles. The minimum Gasteiger partial charge on any atom is -0.342 e. The van der Waals surface area contributed by atoms with Crippen LogP contribution in [-0.4, -0.2) is 37.9 Å². The number of aromatic nitrogens is 4. The third-order valence-electron chi connectivity index (χ3n) is 2.63. The Balaban J connectivity index is 1.87. The zero-order chi connectivity index (χ0) is 14.7. The predicted octanol–water partition coefficient (Wildman–Crippen LogP) is -0.169. The van der Waals surface area contributed by atoms with Crippen LogP contribution >= 0.6 is 0 Å². The van der Waals surface area contributed by atoms with E-state index in [-0.39, 0.29) is 18.4 Å². The smallest absolute Gasteiger partial charge is 0.269 e. The highest BCUT2D eigenvalue weighted by Crippen LogP contribution is 2.03. The fourth-order valence-corrected chi connectivity index (χ4v) is 1.77. The molecule has 8 heteroatoms. The molecule has 0 radical (unpaired) electrons. The summed E-state index contributed by atoms with van der Waals surface area (Å²) < 4.78 is 3.05. The van der Waals surface area contributed by atoms with Gasteiger partial charge in [0, 0.05) is 20.3 Å². The zero-order valence-electron chi connectivity index (χ0n) is 11.5. The molecule has 0 aliphatic heterocycles. The van der Waals surface area contributed by atoms with E-state index in [4.69, 9.17) is 0 Å². The first-order valence-corrected chi connectivity index (χ1v) is 6.03. The van der Waals surface area contributed by atoms with Gasteiger partial charge in [0.25, 0.3) is 5.91 Å². The molecule has 0 spiro atoms. The molecule has 0 bridgehead atoms. The van der Waals surface area contributed by atoms with E-state index in [1.807, 2.05) is 0 Å². The van der Waals surface area contributed by atoms with Gasteiger partial charge in [-0.3, -0.25) is 19.0 Å². The van der Waals surface area contributed by atoms with Crippen molar-refractivity contribution in [1.82, 2.24) is 24.9 Å². The third kappa shape index (κ3) is 3.22. The summed E-state index contributed by atoms with van der Waals surface area (Å²) in [5.41, 5.74) is 1.75. The van der Waals surface area contributed by atoms with Crippen molar-refractivity contribution in [2.45, 2.75) is 6.92 Å². The number of aryl methyl sites for hydroxylation is 3. The van der Waals surface area contributed by atoms with E-state index < -0.39 is 0 Å². The van der Waals surface area contributed by atoms with Gasteiger partial charge in [-0.25, -0.2) is 0 Å². The van der Waals surface area contributed by atoms with Gasteiger partial charge in [-0.2, -0.15) is 10.2 Å². The van der Waals surface area contributed by atoms with Crippen LogP contribution in [0.3, 0.4) is 0 Å². The third-order valence-corrected chi connectivity index (χ3v) is 2.63. The van der Waals surface area contributed by atoms with Gasteiger partial charge in [-0.05, 0) is 13.0 Å². The van der Waals surface area contributed by atoms with Crippen molar-refractivity contribution in [1.29, 1.82) is 0 Å². The van der Waals surface area contributed by atoms with Crippen LogP contribution in [0, 0.1) is 6.92 Å². The zero-order valence-corrected chi connectivity index (χ0v) is 11.5. The van der Waals surface area contributed by atoms with Crippen LogP contribution < -0.4 is 10.6 Å². The summed E-state index contributed by atoms with van der Waals surface area (Å²) in [7, 11) is 3.43. The second kappa shape index (κ2) is 5.55. The van der Waals surface area contributed by atoms with Crippen molar-refractivity contribution >= 4 is 17.5 Å². The first-order valence-electron chi connectivity index (χ1n) is 6.03. The molecule has 0 aliphatic rings. The molecule has 106 valence electrons. The topological polar surface area (TPSA) is 93.8 Å². The summed E-state index contributed by atoms with van der Waals surface area (Å²) in [6.45, 7) is 1.68. The Bertz CT molecular complexity index is 642. The molecule has 0 atom stereocenters. The molecule has 0 aromatic carbocycles. The Morgan fingerprint density at radius 2 is 2.10 bits per heavy atom. The Morgan fingerprint density at radius 3 is 2.65 bits per heavy atom. The molecule has 2 aromatic heterocycles. The summed E-state index contributed by atoms with van der Waals surface area (Å²) in [4.78, 5) is 23.5. The fourth-order valence-electron chi connectivity index (χ4n) is 1.77. The van der Waals surface area contributed by atoms with Crippen LogP contribution in [0.4, 0.5) is 5.69 Å². The number of rotatable bonds is 4. The molecule has 0 unspecified atom stereocenters. The van der Waals surface area contributed by atoms with Gasteiger partial charge in [0.2, 0.25) is 5.91 Å². The van der Waals surface area contributed by atoms with Gasteiger partial charge in [-0.1, -0.05) is 0 Å². The van der Waals surface area contributed by atoms with E-state index in [9.17, 15) is 9.59 Å². The number of nitrogens with zero attached hydrogens (tertiary/aromatic N) is 4. The van der Waals surface area contributed by atoms with E-state index in [0.717, 1.165) is 5.69 Å². The van der Waals surface area contributed by atoms with E-state index in [2.05, 4.69) is 20.8 Å². The van der Waals surface area contributed by atoms with Gasteiger partial charge in [0.1, 0.15) is 5.69 Å². The maximum Gasteiger partial charge on any atom is 0.269 e. The predicted molar refractivity (Wildman–Crippen MR) is 72.1 cm³/mol. The number of carbonyl (C=O) groups excluding carboxylic acids is 2. The average molecular weight is 276 g/mol. The van der Waals surface area contributed by atoms with Crippen LogP contribution in [0.25, 0.3) is 0 Å². The quantitative estimate of drug-likeness (QED) is 0.810. The Labute approximate surface area is 115 Å². The average Bonchev–Trinajstić information content (AvgIpc) is 2.92. The summed E-state index contributed by atoms with van der Waals surface area (Å²) in [6, 6.07) is 1.66. The van der Waals surface area contributed by atoms with Crippen molar-refractivity contribution in [2.24, 2.45) is 14.1 Å². The van der Waals surface area contributed by atoms with Crippen molar-refractivity contribution in [3.63, 3.8) is 0 Å². The maximum absolute atomic E-state index is 11.9. The normalized spacial score (nSPS) is 10.3. The highest BCUT2D eigenvalue weighted by molar-refractivity contribution is 5.98. The van der Waals surface area contributed by atoms with Crippen LogP contribution in [0.5, 0.6) is 0 Å². The molecule has 0 fully saturated rings. The highest BCUT2D eigenvalue weighted by Gasteiger charge is 2.13. The largest absolute Gasteiger partial charge is 0.342 e. The van der Waals surface area contributed by atoms with Crippen molar-refractivity contribution in [3.05, 3.63) is 29.8 Å². The molecular weight excluding hydrogens is 260 g/mol. The van der Waals surface area contributed by atoms with Gasteiger partial charge < -0.3 is 10.6 Å². The van der Waals surface area contributed by atoms with Crippen LogP contribution in [0.1, 0.15) is 16.2 Å². The lowest BCUT2D eigenvalue weighted by atomic mass is 10.3. The summed E-state index contributed by atoms with van der Waals surface area (Å²) in [5, 5.41) is 13.2. The summed E-state index contributed by atoms with van der Waals surface area (Å²) in [6.07, 6.45) is 3.20. The molecular formula is C12H16N6O2. The first kappa shape index (κ1) is 13.8. The minimum atomic E-state index is -0.338. The standard InChI is InChI=1S/C12H16N6O2/c1-8-4-10(18(3)16-8)12(20)13-6-11(19)15-9-5-14-17(2)7-9/h4-5,7H,6H2,1-3H3,(H,13,20)(H,15,19). The van der Waals surface area contributed by atoms with Gasteiger partial charge in [0.15, 0.2) is 0 Å². The number of anilines is 1. The molecule has 2 N–H and O–H groups in total. The van der Waals surface area contributed by atoms with Gasteiger partial charge in [0.05, 0.1) is 24.1 Å². The Morgan fingerprint density at radius 1 is 1.35 bits per heavy atom. The van der Waals surface area contributed by atoms with Crippen LogP contribution in [0.2, 0.25) is 0 Å². The lowest BCUT2D eigenvalue weighted by Gasteiger charge is -2.05.